The Morgan fingerprint density at radius 3 is 2.71 bits per heavy atom. The van der Waals surface area contributed by atoms with E-state index in [1.54, 1.807) is 19.2 Å². The minimum Gasteiger partial charge on any atom is -0.355 e. The maximum absolute atomic E-state index is 12.1. The fraction of sp³-hybridized carbons (Fsp3) is 0.500. The van der Waals surface area contributed by atoms with Crippen molar-refractivity contribution in [1.29, 1.82) is 0 Å². The van der Waals surface area contributed by atoms with Gasteiger partial charge in [0.25, 0.3) is 5.91 Å². The Kier molecular flexibility index (Phi) is 4.96. The fourth-order valence-corrected chi connectivity index (χ4v) is 2.91. The summed E-state index contributed by atoms with van der Waals surface area (Å²) in [6.45, 7) is 1.83. The minimum absolute atomic E-state index is 0.0329. The van der Waals surface area contributed by atoms with Crippen LogP contribution in [0.25, 0.3) is 0 Å². The molecule has 5 nitrogen and oxygen atoms in total. The van der Waals surface area contributed by atoms with Crippen LogP contribution in [0, 0.1) is 12.8 Å². The van der Waals surface area contributed by atoms with E-state index in [1.807, 2.05) is 13.0 Å². The predicted molar refractivity (Wildman–Crippen MR) is 83.1 cm³/mol. The van der Waals surface area contributed by atoms with E-state index in [9.17, 15) is 9.59 Å². The summed E-state index contributed by atoms with van der Waals surface area (Å²) in [5.74, 6) is 0.0864. The molecular formula is C16H23N3O2. The normalized spacial score (nSPS) is 21.1. The minimum atomic E-state index is -0.151. The van der Waals surface area contributed by atoms with Crippen molar-refractivity contribution < 1.29 is 9.59 Å². The van der Waals surface area contributed by atoms with Crippen molar-refractivity contribution in [3.05, 3.63) is 29.3 Å². The van der Waals surface area contributed by atoms with Gasteiger partial charge < -0.3 is 16.4 Å². The second kappa shape index (κ2) is 6.72. The first kappa shape index (κ1) is 15.5. The molecule has 114 valence electrons. The summed E-state index contributed by atoms with van der Waals surface area (Å²) < 4.78 is 0. The Morgan fingerprint density at radius 2 is 2.10 bits per heavy atom. The Bertz CT molecular complexity index is 542. The van der Waals surface area contributed by atoms with Gasteiger partial charge in [-0.2, -0.15) is 0 Å². The van der Waals surface area contributed by atoms with Crippen LogP contribution in [0.4, 0.5) is 5.69 Å². The van der Waals surface area contributed by atoms with Gasteiger partial charge in [0.1, 0.15) is 0 Å². The molecule has 0 heterocycles. The zero-order valence-electron chi connectivity index (χ0n) is 12.6. The maximum atomic E-state index is 12.1. The van der Waals surface area contributed by atoms with Gasteiger partial charge in [0.15, 0.2) is 0 Å². The summed E-state index contributed by atoms with van der Waals surface area (Å²) in [4.78, 5) is 23.9. The fourth-order valence-electron chi connectivity index (χ4n) is 2.91. The van der Waals surface area contributed by atoms with Gasteiger partial charge in [-0.3, -0.25) is 9.59 Å². The molecule has 1 aromatic rings. The van der Waals surface area contributed by atoms with Gasteiger partial charge in [0, 0.05) is 30.8 Å². The summed E-state index contributed by atoms with van der Waals surface area (Å²) in [6.07, 6.45) is 3.57. The first-order valence-corrected chi connectivity index (χ1v) is 7.40. The van der Waals surface area contributed by atoms with Crippen LogP contribution in [-0.2, 0) is 4.79 Å². The molecule has 0 saturated heterocycles. The summed E-state index contributed by atoms with van der Waals surface area (Å²) in [5, 5.41) is 5.50. The number of amides is 2. The number of anilines is 1. The molecule has 1 saturated carbocycles. The number of nitrogens with two attached hydrogens (primary N) is 1. The molecule has 0 aromatic heterocycles. The molecule has 1 aliphatic carbocycles. The second-order valence-electron chi connectivity index (χ2n) is 5.66. The molecule has 2 atom stereocenters. The van der Waals surface area contributed by atoms with Gasteiger partial charge in [-0.05, 0) is 43.4 Å². The van der Waals surface area contributed by atoms with E-state index >= 15 is 0 Å². The van der Waals surface area contributed by atoms with Crippen molar-refractivity contribution >= 4 is 17.5 Å². The Hall–Kier alpha value is -1.88. The predicted octanol–water partition coefficient (Wildman–Crippen LogP) is 1.81. The molecule has 0 bridgehead atoms. The largest absolute Gasteiger partial charge is 0.355 e. The Labute approximate surface area is 125 Å². The van der Waals surface area contributed by atoms with E-state index in [0.717, 1.165) is 24.8 Å². The quantitative estimate of drug-likeness (QED) is 0.790. The van der Waals surface area contributed by atoms with E-state index in [1.165, 1.54) is 0 Å². The molecule has 5 heteroatoms. The first-order chi connectivity index (χ1) is 10.0. The molecule has 0 radical (unpaired) electrons. The number of carbonyl (C=O) groups is 2. The van der Waals surface area contributed by atoms with Crippen molar-refractivity contribution in [3.8, 4) is 0 Å². The van der Waals surface area contributed by atoms with E-state index in [4.69, 9.17) is 5.73 Å². The smallest absolute Gasteiger partial charge is 0.251 e. The third kappa shape index (κ3) is 3.61. The molecule has 1 aliphatic rings. The molecule has 0 aliphatic heterocycles. The standard InChI is InChI=1S/C16H23N3O2/c1-10-12(16(21)18-2)6-4-8-14(10)19-15(20)9-11-5-3-7-13(11)17/h4,6,8,11,13H,3,5,7,9,17H2,1-2H3,(H,18,21)(H,19,20)/t11-,13+/m0/s1. The van der Waals surface area contributed by atoms with E-state index < -0.39 is 0 Å². The molecule has 2 amide bonds. The van der Waals surface area contributed by atoms with Crippen LogP contribution in [0.3, 0.4) is 0 Å². The highest BCUT2D eigenvalue weighted by Crippen LogP contribution is 2.27. The maximum Gasteiger partial charge on any atom is 0.251 e. The molecule has 21 heavy (non-hydrogen) atoms. The SMILES string of the molecule is CNC(=O)c1cccc(NC(=O)C[C@@H]2CCC[C@H]2N)c1C. The molecule has 4 N–H and O–H groups in total. The lowest BCUT2D eigenvalue weighted by Crippen LogP contribution is -2.28. The third-order valence-corrected chi connectivity index (χ3v) is 4.25. The Balaban J connectivity index is 2.05. The van der Waals surface area contributed by atoms with Gasteiger partial charge in [-0.25, -0.2) is 0 Å². The summed E-state index contributed by atoms with van der Waals surface area (Å²) in [5.41, 5.74) is 8.04. The van der Waals surface area contributed by atoms with Gasteiger partial charge in [-0.1, -0.05) is 12.5 Å². The van der Waals surface area contributed by atoms with Gasteiger partial charge in [0.05, 0.1) is 0 Å². The zero-order valence-corrected chi connectivity index (χ0v) is 12.6. The van der Waals surface area contributed by atoms with Crippen molar-refractivity contribution in [1.82, 2.24) is 5.32 Å². The summed E-state index contributed by atoms with van der Waals surface area (Å²) in [6, 6.07) is 5.47. The Morgan fingerprint density at radius 1 is 1.33 bits per heavy atom. The lowest BCUT2D eigenvalue weighted by Gasteiger charge is -2.16. The average Bonchev–Trinajstić information content (AvgIpc) is 2.85. The molecule has 2 rings (SSSR count). The van der Waals surface area contributed by atoms with Crippen LogP contribution in [-0.4, -0.2) is 24.9 Å². The van der Waals surface area contributed by atoms with Crippen LogP contribution < -0.4 is 16.4 Å². The summed E-state index contributed by atoms with van der Waals surface area (Å²) >= 11 is 0. The highest BCUT2D eigenvalue weighted by Gasteiger charge is 2.26. The molecule has 0 unspecified atom stereocenters. The number of hydrogen-bond donors (Lipinski definition) is 3. The van der Waals surface area contributed by atoms with Crippen LogP contribution >= 0.6 is 0 Å². The van der Waals surface area contributed by atoms with Crippen LogP contribution in [0.15, 0.2) is 18.2 Å². The number of carbonyl (C=O) groups excluding carboxylic acids is 2. The lowest BCUT2D eigenvalue weighted by molar-refractivity contribution is -0.117. The van der Waals surface area contributed by atoms with Crippen molar-refractivity contribution in [2.24, 2.45) is 11.7 Å². The topological polar surface area (TPSA) is 84.2 Å². The summed E-state index contributed by atoms with van der Waals surface area (Å²) in [7, 11) is 1.59. The highest BCUT2D eigenvalue weighted by atomic mass is 16.2. The van der Waals surface area contributed by atoms with Gasteiger partial charge in [0.2, 0.25) is 5.91 Å². The van der Waals surface area contributed by atoms with Crippen molar-refractivity contribution in [2.75, 3.05) is 12.4 Å². The number of benzene rings is 1. The number of nitrogens with one attached hydrogen (secondary N) is 2. The average molecular weight is 289 g/mol. The monoisotopic (exact) mass is 289 g/mol. The zero-order chi connectivity index (χ0) is 15.4. The van der Waals surface area contributed by atoms with Crippen LogP contribution in [0.2, 0.25) is 0 Å². The van der Waals surface area contributed by atoms with E-state index in [0.29, 0.717) is 17.7 Å². The van der Waals surface area contributed by atoms with Crippen molar-refractivity contribution in [3.63, 3.8) is 0 Å². The van der Waals surface area contributed by atoms with Crippen LogP contribution in [0.1, 0.15) is 41.6 Å². The van der Waals surface area contributed by atoms with Crippen molar-refractivity contribution in [2.45, 2.75) is 38.6 Å². The van der Waals surface area contributed by atoms with E-state index in [-0.39, 0.29) is 23.8 Å². The van der Waals surface area contributed by atoms with E-state index in [2.05, 4.69) is 10.6 Å². The molecule has 1 fully saturated rings. The van der Waals surface area contributed by atoms with Gasteiger partial charge >= 0.3 is 0 Å². The lowest BCUT2D eigenvalue weighted by atomic mass is 9.99. The third-order valence-electron chi connectivity index (χ3n) is 4.25. The number of rotatable bonds is 4. The molecule has 0 spiro atoms. The number of hydrogen-bond acceptors (Lipinski definition) is 3. The molecular weight excluding hydrogens is 266 g/mol. The second-order valence-corrected chi connectivity index (χ2v) is 5.66. The van der Waals surface area contributed by atoms with Gasteiger partial charge in [-0.15, -0.1) is 0 Å². The first-order valence-electron chi connectivity index (χ1n) is 7.40. The highest BCUT2D eigenvalue weighted by molar-refractivity contribution is 5.99. The molecule has 1 aromatic carbocycles. The van der Waals surface area contributed by atoms with Crippen LogP contribution in [0.5, 0.6) is 0 Å².